The van der Waals surface area contributed by atoms with E-state index in [0.717, 1.165) is 47.4 Å². The molecule has 1 amide bonds. The lowest BCUT2D eigenvalue weighted by molar-refractivity contribution is -0.152. The van der Waals surface area contributed by atoms with Gasteiger partial charge in [-0.3, -0.25) is 19.6 Å². The summed E-state index contributed by atoms with van der Waals surface area (Å²) >= 11 is 0. The standard InChI is InChI=1S/C36H44N4O4/c1-7-40-32-16-15-27(26-12-8-11-24(2)19-26)20-29(32)30(34(40)28-13-9-17-37-33(28)25(3)43-6)21-36(4,5)22-44-35(42)31-14-10-18-39(23-41)38-31/h8-9,11-13,15-17,19-20,23,25,31,38H,7,10,14,18,21-22H2,1-6H3/t25-,31-/m0/s1. The van der Waals surface area contributed by atoms with Crippen molar-refractivity contribution in [1.82, 2.24) is 20.0 Å². The van der Waals surface area contributed by atoms with Crippen LogP contribution in [0.4, 0.5) is 0 Å². The molecule has 1 saturated heterocycles. The van der Waals surface area contributed by atoms with Crippen molar-refractivity contribution in [2.24, 2.45) is 5.41 Å². The van der Waals surface area contributed by atoms with Crippen molar-refractivity contribution >= 4 is 23.3 Å². The van der Waals surface area contributed by atoms with Gasteiger partial charge in [-0.2, -0.15) is 0 Å². The van der Waals surface area contributed by atoms with Crippen LogP contribution >= 0.6 is 0 Å². The van der Waals surface area contributed by atoms with E-state index in [1.165, 1.54) is 27.1 Å². The maximum atomic E-state index is 13.0. The van der Waals surface area contributed by atoms with E-state index in [1.54, 1.807) is 7.11 Å². The molecule has 0 bridgehead atoms. The summed E-state index contributed by atoms with van der Waals surface area (Å²) in [6.45, 7) is 12.2. The van der Waals surface area contributed by atoms with Crippen LogP contribution in [-0.2, 0) is 32.0 Å². The van der Waals surface area contributed by atoms with Crippen LogP contribution in [0.5, 0.6) is 0 Å². The highest BCUT2D eigenvalue weighted by molar-refractivity contribution is 5.95. The van der Waals surface area contributed by atoms with E-state index < -0.39 is 6.04 Å². The minimum atomic E-state index is -0.521. The molecule has 0 saturated carbocycles. The number of hydrazine groups is 1. The fourth-order valence-electron chi connectivity index (χ4n) is 6.24. The second kappa shape index (κ2) is 13.3. The van der Waals surface area contributed by atoms with E-state index >= 15 is 0 Å². The van der Waals surface area contributed by atoms with Crippen LogP contribution < -0.4 is 5.43 Å². The van der Waals surface area contributed by atoms with Crippen molar-refractivity contribution in [2.75, 3.05) is 20.3 Å². The van der Waals surface area contributed by atoms with Gasteiger partial charge in [-0.1, -0.05) is 49.7 Å². The molecule has 0 unspecified atom stereocenters. The smallest absolute Gasteiger partial charge is 0.324 e. The Morgan fingerprint density at radius 2 is 1.95 bits per heavy atom. The number of rotatable bonds is 11. The lowest BCUT2D eigenvalue weighted by Gasteiger charge is -2.31. The number of hydrogen-bond acceptors (Lipinski definition) is 6. The van der Waals surface area contributed by atoms with Crippen molar-refractivity contribution in [3.8, 4) is 22.4 Å². The highest BCUT2D eigenvalue weighted by Gasteiger charge is 2.31. The first-order valence-electron chi connectivity index (χ1n) is 15.5. The summed E-state index contributed by atoms with van der Waals surface area (Å²) < 4.78 is 14.0. The molecule has 0 radical (unpaired) electrons. The molecule has 0 spiro atoms. The number of ether oxygens (including phenoxy) is 2. The Morgan fingerprint density at radius 3 is 2.68 bits per heavy atom. The first-order chi connectivity index (χ1) is 21.2. The summed E-state index contributed by atoms with van der Waals surface area (Å²) in [6, 6.07) is 18.9. The number of nitrogens with zero attached hydrogens (tertiary/aromatic N) is 3. The number of carbonyl (C=O) groups excluding carboxylic acids is 2. The fourth-order valence-corrected chi connectivity index (χ4v) is 6.24. The molecule has 8 heteroatoms. The SMILES string of the molecule is CCn1c(-c2cccnc2[C@H](C)OC)c(CC(C)(C)COC(=O)[C@@H]2CCCN(C=O)N2)c2cc(-c3cccc(C)c3)ccc21. The normalized spacial score (nSPS) is 16.2. The molecule has 2 atom stereocenters. The van der Waals surface area contributed by atoms with E-state index in [9.17, 15) is 9.59 Å². The van der Waals surface area contributed by atoms with Crippen LogP contribution in [0.25, 0.3) is 33.3 Å². The molecule has 1 N–H and O–H groups in total. The number of fused-ring (bicyclic) bond motifs is 1. The van der Waals surface area contributed by atoms with Crippen molar-refractivity contribution in [1.29, 1.82) is 0 Å². The molecule has 8 nitrogen and oxygen atoms in total. The molecule has 1 fully saturated rings. The van der Waals surface area contributed by atoms with Crippen LogP contribution in [0.3, 0.4) is 0 Å². The second-order valence-corrected chi connectivity index (χ2v) is 12.6. The molecular formula is C36H44N4O4. The molecule has 232 valence electrons. The lowest BCUT2D eigenvalue weighted by atomic mass is 9.84. The number of methoxy groups -OCH3 is 1. The molecule has 3 heterocycles. The van der Waals surface area contributed by atoms with Crippen molar-refractivity contribution in [3.63, 3.8) is 0 Å². The summed E-state index contributed by atoms with van der Waals surface area (Å²) in [6.07, 6.45) is 4.42. The highest BCUT2D eigenvalue weighted by atomic mass is 16.5. The number of nitrogens with one attached hydrogen (secondary N) is 1. The number of amides is 1. The Morgan fingerprint density at radius 1 is 1.16 bits per heavy atom. The number of esters is 1. The summed E-state index contributed by atoms with van der Waals surface area (Å²) in [5.74, 6) is -0.328. The van der Waals surface area contributed by atoms with E-state index in [-0.39, 0.29) is 24.1 Å². The topological polar surface area (TPSA) is 85.7 Å². The Labute approximate surface area is 260 Å². The van der Waals surface area contributed by atoms with Crippen LogP contribution in [-0.4, -0.2) is 53.2 Å². The quantitative estimate of drug-likeness (QED) is 0.154. The predicted octanol–water partition coefficient (Wildman–Crippen LogP) is 6.64. The van der Waals surface area contributed by atoms with Crippen molar-refractivity contribution in [3.05, 3.63) is 77.6 Å². The third kappa shape index (κ3) is 6.56. The Balaban J connectivity index is 1.58. The van der Waals surface area contributed by atoms with Gasteiger partial charge in [0, 0.05) is 48.3 Å². The molecule has 2 aromatic carbocycles. The highest BCUT2D eigenvalue weighted by Crippen LogP contribution is 2.41. The predicted molar refractivity (Wildman–Crippen MR) is 174 cm³/mol. The first kappa shape index (κ1) is 31.4. The number of carbonyl (C=O) groups is 2. The minimum absolute atomic E-state index is 0.187. The second-order valence-electron chi connectivity index (χ2n) is 12.6. The van der Waals surface area contributed by atoms with Crippen LogP contribution in [0.1, 0.15) is 63.5 Å². The largest absolute Gasteiger partial charge is 0.464 e. The lowest BCUT2D eigenvalue weighted by Crippen LogP contribution is -2.52. The van der Waals surface area contributed by atoms with Crippen LogP contribution in [0, 0.1) is 12.3 Å². The number of hydrogen-bond donors (Lipinski definition) is 1. The summed E-state index contributed by atoms with van der Waals surface area (Å²) in [5, 5.41) is 2.60. The summed E-state index contributed by atoms with van der Waals surface area (Å²) in [4.78, 5) is 29.0. The molecule has 4 aromatic rings. The van der Waals surface area contributed by atoms with Crippen LogP contribution in [0.15, 0.2) is 60.8 Å². The minimum Gasteiger partial charge on any atom is -0.464 e. The van der Waals surface area contributed by atoms with Gasteiger partial charge in [-0.15, -0.1) is 0 Å². The molecule has 1 aliphatic heterocycles. The van der Waals surface area contributed by atoms with Gasteiger partial charge in [0.05, 0.1) is 24.1 Å². The van der Waals surface area contributed by atoms with Crippen molar-refractivity contribution in [2.45, 2.75) is 72.6 Å². The van der Waals surface area contributed by atoms with Gasteiger partial charge in [0.25, 0.3) is 0 Å². The molecule has 1 aliphatic rings. The Hall–Kier alpha value is -4.01. The average molecular weight is 597 g/mol. The molecular weight excluding hydrogens is 552 g/mol. The van der Waals surface area contributed by atoms with E-state index in [4.69, 9.17) is 14.5 Å². The Bertz CT molecular complexity index is 1640. The van der Waals surface area contributed by atoms with Gasteiger partial charge in [0.1, 0.15) is 6.04 Å². The number of pyridine rings is 1. The maximum absolute atomic E-state index is 13.0. The van der Waals surface area contributed by atoms with Crippen molar-refractivity contribution < 1.29 is 19.1 Å². The zero-order chi connectivity index (χ0) is 31.4. The maximum Gasteiger partial charge on any atom is 0.324 e. The van der Waals surface area contributed by atoms with Gasteiger partial charge in [-0.25, -0.2) is 5.43 Å². The number of aryl methyl sites for hydroxylation is 2. The third-order valence-electron chi connectivity index (χ3n) is 8.55. The number of aromatic nitrogens is 2. The zero-order valence-corrected chi connectivity index (χ0v) is 26.7. The summed E-state index contributed by atoms with van der Waals surface area (Å²) in [5.41, 5.74) is 11.5. The van der Waals surface area contributed by atoms with Gasteiger partial charge in [-0.05, 0) is 81.0 Å². The fraction of sp³-hybridized carbons (Fsp3) is 0.417. The average Bonchev–Trinajstić information content (AvgIpc) is 3.34. The van der Waals surface area contributed by atoms with E-state index in [1.807, 2.05) is 19.2 Å². The molecule has 44 heavy (non-hydrogen) atoms. The third-order valence-corrected chi connectivity index (χ3v) is 8.55. The molecule has 0 aliphatic carbocycles. The van der Waals surface area contributed by atoms with Gasteiger partial charge >= 0.3 is 5.97 Å². The zero-order valence-electron chi connectivity index (χ0n) is 26.7. The first-order valence-corrected chi connectivity index (χ1v) is 15.5. The van der Waals surface area contributed by atoms with Gasteiger partial charge in [0.15, 0.2) is 0 Å². The molecule has 5 rings (SSSR count). The van der Waals surface area contributed by atoms with Gasteiger partial charge in [0.2, 0.25) is 6.41 Å². The molecule has 2 aromatic heterocycles. The van der Waals surface area contributed by atoms with Crippen LogP contribution in [0.2, 0.25) is 0 Å². The monoisotopic (exact) mass is 596 g/mol. The Kier molecular flexibility index (Phi) is 9.51. The van der Waals surface area contributed by atoms with E-state index in [0.29, 0.717) is 19.4 Å². The van der Waals surface area contributed by atoms with Gasteiger partial charge < -0.3 is 14.0 Å². The number of benzene rings is 2. The van der Waals surface area contributed by atoms with E-state index in [2.05, 4.69) is 86.2 Å². The summed E-state index contributed by atoms with van der Waals surface area (Å²) in [7, 11) is 1.71.